The number of hydrogen-bond acceptors (Lipinski definition) is 4. The van der Waals surface area contributed by atoms with Gasteiger partial charge in [0.15, 0.2) is 5.82 Å². The SMILES string of the molecule is Nc1nccc(-c2ncn[nH]2)c1C(F)(F)F. The van der Waals surface area contributed by atoms with Crippen molar-refractivity contribution in [1.82, 2.24) is 20.2 Å². The molecule has 0 aromatic carbocycles. The van der Waals surface area contributed by atoms with Crippen LogP contribution < -0.4 is 5.73 Å². The molecule has 0 aliphatic heterocycles. The number of pyridine rings is 1. The van der Waals surface area contributed by atoms with Gasteiger partial charge in [0, 0.05) is 11.8 Å². The molecule has 2 heterocycles. The molecule has 0 saturated carbocycles. The Kier molecular flexibility index (Phi) is 2.26. The van der Waals surface area contributed by atoms with Crippen molar-refractivity contribution >= 4 is 5.82 Å². The molecule has 16 heavy (non-hydrogen) atoms. The number of nitrogens with one attached hydrogen (secondary N) is 1. The third-order valence-electron chi connectivity index (χ3n) is 1.93. The van der Waals surface area contributed by atoms with E-state index in [-0.39, 0.29) is 11.4 Å². The first-order chi connectivity index (χ1) is 7.50. The zero-order chi connectivity index (χ0) is 11.8. The molecule has 2 aromatic rings. The van der Waals surface area contributed by atoms with E-state index in [2.05, 4.69) is 20.2 Å². The van der Waals surface area contributed by atoms with E-state index in [1.807, 2.05) is 0 Å². The summed E-state index contributed by atoms with van der Waals surface area (Å²) in [5.41, 5.74) is 4.04. The summed E-state index contributed by atoms with van der Waals surface area (Å²) in [5.74, 6) is -0.581. The van der Waals surface area contributed by atoms with Crippen LogP contribution in [0.25, 0.3) is 11.4 Å². The van der Waals surface area contributed by atoms with Crippen molar-refractivity contribution in [3.05, 3.63) is 24.2 Å². The summed E-state index contributed by atoms with van der Waals surface area (Å²) >= 11 is 0. The summed E-state index contributed by atoms with van der Waals surface area (Å²) in [4.78, 5) is 7.06. The van der Waals surface area contributed by atoms with Crippen molar-refractivity contribution in [2.45, 2.75) is 6.18 Å². The largest absolute Gasteiger partial charge is 0.420 e. The van der Waals surface area contributed by atoms with E-state index in [0.717, 1.165) is 6.33 Å². The summed E-state index contributed by atoms with van der Waals surface area (Å²) in [7, 11) is 0. The number of aromatic amines is 1. The Morgan fingerprint density at radius 1 is 1.25 bits per heavy atom. The summed E-state index contributed by atoms with van der Waals surface area (Å²) in [6.07, 6.45) is -2.28. The molecule has 0 unspecified atom stereocenters. The molecule has 0 saturated heterocycles. The molecule has 0 bridgehead atoms. The van der Waals surface area contributed by atoms with Gasteiger partial charge in [-0.15, -0.1) is 0 Å². The molecule has 84 valence electrons. The van der Waals surface area contributed by atoms with Crippen LogP contribution in [0.3, 0.4) is 0 Å². The molecular formula is C8H6F3N5. The van der Waals surface area contributed by atoms with Crippen molar-refractivity contribution in [2.24, 2.45) is 0 Å². The molecule has 8 heteroatoms. The molecule has 5 nitrogen and oxygen atoms in total. The van der Waals surface area contributed by atoms with Gasteiger partial charge in [0.1, 0.15) is 17.7 Å². The van der Waals surface area contributed by atoms with E-state index in [1.165, 1.54) is 12.3 Å². The van der Waals surface area contributed by atoms with Crippen LogP contribution in [0.1, 0.15) is 5.56 Å². The number of aromatic nitrogens is 4. The lowest BCUT2D eigenvalue weighted by Crippen LogP contribution is -2.12. The van der Waals surface area contributed by atoms with Crippen LogP contribution in [0.2, 0.25) is 0 Å². The lowest BCUT2D eigenvalue weighted by Gasteiger charge is -2.12. The molecule has 0 spiro atoms. The van der Waals surface area contributed by atoms with Crippen molar-refractivity contribution in [3.8, 4) is 11.4 Å². The lowest BCUT2D eigenvalue weighted by molar-refractivity contribution is -0.136. The number of anilines is 1. The highest BCUT2D eigenvalue weighted by molar-refractivity contribution is 5.66. The molecule has 2 aromatic heterocycles. The van der Waals surface area contributed by atoms with Crippen LogP contribution >= 0.6 is 0 Å². The standard InChI is InChI=1S/C8H6F3N5/c9-8(10,11)5-4(1-2-13-6(5)12)7-14-3-15-16-7/h1-3H,(H2,12,13)(H,14,15,16). The van der Waals surface area contributed by atoms with Gasteiger partial charge in [0.05, 0.1) is 0 Å². The van der Waals surface area contributed by atoms with Gasteiger partial charge in [-0.25, -0.2) is 9.97 Å². The van der Waals surface area contributed by atoms with Crippen molar-refractivity contribution < 1.29 is 13.2 Å². The maximum atomic E-state index is 12.7. The van der Waals surface area contributed by atoms with Crippen LogP contribution in [-0.4, -0.2) is 20.2 Å². The second kappa shape index (κ2) is 3.47. The van der Waals surface area contributed by atoms with Crippen LogP contribution in [0.4, 0.5) is 19.0 Å². The number of hydrogen-bond donors (Lipinski definition) is 2. The smallest absolute Gasteiger partial charge is 0.383 e. The first kappa shape index (κ1) is 10.4. The van der Waals surface area contributed by atoms with Gasteiger partial charge < -0.3 is 5.73 Å². The Labute approximate surface area is 87.5 Å². The minimum Gasteiger partial charge on any atom is -0.383 e. The fraction of sp³-hybridized carbons (Fsp3) is 0.125. The summed E-state index contributed by atoms with van der Waals surface area (Å²) in [6, 6.07) is 1.18. The van der Waals surface area contributed by atoms with Crippen LogP contribution in [-0.2, 0) is 6.18 Å². The molecule has 3 N–H and O–H groups in total. The second-order valence-electron chi connectivity index (χ2n) is 2.95. The van der Waals surface area contributed by atoms with Crippen molar-refractivity contribution in [2.75, 3.05) is 5.73 Å². The predicted octanol–water partition coefficient (Wildman–Crippen LogP) is 1.47. The summed E-state index contributed by atoms with van der Waals surface area (Å²) in [5, 5.41) is 5.84. The highest BCUT2D eigenvalue weighted by Gasteiger charge is 2.37. The van der Waals surface area contributed by atoms with E-state index in [1.54, 1.807) is 0 Å². The number of alkyl halides is 3. The Bertz CT molecular complexity index is 491. The van der Waals surface area contributed by atoms with E-state index in [4.69, 9.17) is 5.73 Å². The van der Waals surface area contributed by atoms with Gasteiger partial charge in [-0.05, 0) is 6.07 Å². The van der Waals surface area contributed by atoms with Crippen LogP contribution in [0.15, 0.2) is 18.6 Å². The zero-order valence-electron chi connectivity index (χ0n) is 7.78. The zero-order valence-corrected chi connectivity index (χ0v) is 7.78. The molecular weight excluding hydrogens is 223 g/mol. The summed E-state index contributed by atoms with van der Waals surface area (Å²) < 4.78 is 38.2. The van der Waals surface area contributed by atoms with E-state index >= 15 is 0 Å². The number of H-pyrrole nitrogens is 1. The first-order valence-electron chi connectivity index (χ1n) is 4.17. The van der Waals surface area contributed by atoms with Crippen LogP contribution in [0.5, 0.6) is 0 Å². The molecule has 0 atom stereocenters. The number of nitrogens with two attached hydrogens (primary N) is 1. The topological polar surface area (TPSA) is 80.5 Å². The normalized spacial score (nSPS) is 11.7. The third-order valence-corrected chi connectivity index (χ3v) is 1.93. The van der Waals surface area contributed by atoms with Gasteiger partial charge >= 0.3 is 6.18 Å². The molecule has 0 fully saturated rings. The third kappa shape index (κ3) is 1.69. The molecule has 0 aliphatic rings. The Hall–Kier alpha value is -2.12. The summed E-state index contributed by atoms with van der Waals surface area (Å²) in [6.45, 7) is 0. The fourth-order valence-corrected chi connectivity index (χ4v) is 1.31. The fourth-order valence-electron chi connectivity index (χ4n) is 1.31. The number of nitrogens with zero attached hydrogens (tertiary/aromatic N) is 3. The number of nitrogen functional groups attached to an aromatic ring is 1. The highest BCUT2D eigenvalue weighted by atomic mass is 19.4. The Morgan fingerprint density at radius 2 is 2.00 bits per heavy atom. The molecule has 0 amide bonds. The maximum Gasteiger partial charge on any atom is 0.420 e. The molecule has 0 aliphatic carbocycles. The van der Waals surface area contributed by atoms with Gasteiger partial charge in [-0.3, -0.25) is 5.10 Å². The van der Waals surface area contributed by atoms with Gasteiger partial charge in [-0.1, -0.05) is 0 Å². The first-order valence-corrected chi connectivity index (χ1v) is 4.17. The van der Waals surface area contributed by atoms with E-state index in [0.29, 0.717) is 0 Å². The van der Waals surface area contributed by atoms with Gasteiger partial charge in [0.2, 0.25) is 0 Å². The number of rotatable bonds is 1. The minimum atomic E-state index is -4.58. The average molecular weight is 229 g/mol. The molecule has 0 radical (unpaired) electrons. The van der Waals surface area contributed by atoms with Gasteiger partial charge in [-0.2, -0.15) is 18.3 Å². The predicted molar refractivity (Wildman–Crippen MR) is 49.0 cm³/mol. The lowest BCUT2D eigenvalue weighted by atomic mass is 10.1. The monoisotopic (exact) mass is 229 g/mol. The van der Waals surface area contributed by atoms with Crippen molar-refractivity contribution in [3.63, 3.8) is 0 Å². The van der Waals surface area contributed by atoms with E-state index < -0.39 is 17.6 Å². The number of halogens is 3. The maximum absolute atomic E-state index is 12.7. The van der Waals surface area contributed by atoms with Gasteiger partial charge in [0.25, 0.3) is 0 Å². The van der Waals surface area contributed by atoms with Crippen molar-refractivity contribution in [1.29, 1.82) is 0 Å². The average Bonchev–Trinajstić information content (AvgIpc) is 2.67. The minimum absolute atomic E-state index is 0.00132. The van der Waals surface area contributed by atoms with E-state index in [9.17, 15) is 13.2 Å². The quantitative estimate of drug-likeness (QED) is 0.775. The Balaban J connectivity index is 2.67. The second-order valence-corrected chi connectivity index (χ2v) is 2.95. The van der Waals surface area contributed by atoms with Crippen LogP contribution in [0, 0.1) is 0 Å². The Morgan fingerprint density at radius 3 is 2.56 bits per heavy atom. The molecule has 2 rings (SSSR count). The highest BCUT2D eigenvalue weighted by Crippen LogP contribution is 2.38.